The molecule has 0 aromatic heterocycles. The van der Waals surface area contributed by atoms with Crippen molar-refractivity contribution >= 4 is 26.0 Å². The SMILES string of the molecule is CCC(C)N(C)S(=O)(=O)c1ccc(CNC2CC2)cc1Br. The van der Waals surface area contributed by atoms with Crippen LogP contribution < -0.4 is 5.32 Å². The maximum Gasteiger partial charge on any atom is 0.244 e. The molecule has 0 saturated heterocycles. The molecule has 0 heterocycles. The van der Waals surface area contributed by atoms with Crippen LogP contribution in [0.4, 0.5) is 0 Å². The molecule has 0 aliphatic heterocycles. The maximum atomic E-state index is 12.6. The van der Waals surface area contributed by atoms with Crippen LogP contribution >= 0.6 is 15.9 Å². The van der Waals surface area contributed by atoms with Crippen LogP contribution in [0.1, 0.15) is 38.7 Å². The van der Waals surface area contributed by atoms with Gasteiger partial charge < -0.3 is 5.32 Å². The average Bonchev–Trinajstić information content (AvgIpc) is 3.27. The summed E-state index contributed by atoms with van der Waals surface area (Å²) in [6.45, 7) is 4.68. The molecule has 118 valence electrons. The highest BCUT2D eigenvalue weighted by molar-refractivity contribution is 9.10. The summed E-state index contributed by atoms with van der Waals surface area (Å²) in [5.74, 6) is 0. The van der Waals surface area contributed by atoms with E-state index in [1.807, 2.05) is 26.0 Å². The molecule has 21 heavy (non-hydrogen) atoms. The first-order valence-electron chi connectivity index (χ1n) is 7.36. The number of benzene rings is 1. The van der Waals surface area contributed by atoms with Crippen LogP contribution in [-0.2, 0) is 16.6 Å². The van der Waals surface area contributed by atoms with Gasteiger partial charge in [0.25, 0.3) is 0 Å². The van der Waals surface area contributed by atoms with Gasteiger partial charge in [0.1, 0.15) is 0 Å². The van der Waals surface area contributed by atoms with Crippen molar-refractivity contribution in [2.75, 3.05) is 7.05 Å². The number of halogens is 1. The smallest absolute Gasteiger partial charge is 0.244 e. The van der Waals surface area contributed by atoms with E-state index in [1.165, 1.54) is 17.1 Å². The van der Waals surface area contributed by atoms with Gasteiger partial charge in [0, 0.05) is 30.1 Å². The Kier molecular flexibility index (Phi) is 5.46. The zero-order chi connectivity index (χ0) is 15.6. The Morgan fingerprint density at radius 2 is 2.10 bits per heavy atom. The fourth-order valence-electron chi connectivity index (χ4n) is 2.06. The van der Waals surface area contributed by atoms with Gasteiger partial charge in [-0.25, -0.2) is 8.42 Å². The second-order valence-corrected chi connectivity index (χ2v) is 8.52. The second kappa shape index (κ2) is 6.77. The van der Waals surface area contributed by atoms with Crippen LogP contribution in [-0.4, -0.2) is 31.9 Å². The molecule has 1 aliphatic rings. The first-order chi connectivity index (χ1) is 9.86. The minimum atomic E-state index is -3.45. The van der Waals surface area contributed by atoms with Gasteiger partial charge in [0.15, 0.2) is 0 Å². The van der Waals surface area contributed by atoms with E-state index in [2.05, 4.69) is 21.2 Å². The van der Waals surface area contributed by atoms with E-state index in [-0.39, 0.29) is 6.04 Å². The highest BCUT2D eigenvalue weighted by atomic mass is 79.9. The molecule has 6 heteroatoms. The summed E-state index contributed by atoms with van der Waals surface area (Å²) < 4.78 is 27.3. The van der Waals surface area contributed by atoms with E-state index in [0.717, 1.165) is 18.5 Å². The van der Waals surface area contributed by atoms with E-state index in [4.69, 9.17) is 0 Å². The first-order valence-corrected chi connectivity index (χ1v) is 9.59. The van der Waals surface area contributed by atoms with Crippen molar-refractivity contribution in [2.45, 2.75) is 56.6 Å². The lowest BCUT2D eigenvalue weighted by Gasteiger charge is -2.24. The van der Waals surface area contributed by atoms with Gasteiger partial charge in [-0.15, -0.1) is 0 Å². The van der Waals surface area contributed by atoms with E-state index < -0.39 is 10.0 Å². The molecule has 0 spiro atoms. The molecule has 0 amide bonds. The maximum absolute atomic E-state index is 12.6. The number of sulfonamides is 1. The molecule has 4 nitrogen and oxygen atoms in total. The highest BCUT2D eigenvalue weighted by Crippen LogP contribution is 2.27. The summed E-state index contributed by atoms with van der Waals surface area (Å²) in [5.41, 5.74) is 1.10. The molecular formula is C15H23BrN2O2S. The monoisotopic (exact) mass is 374 g/mol. The Balaban J connectivity index is 2.18. The molecule has 1 fully saturated rings. The number of rotatable bonds is 7. The average molecular weight is 375 g/mol. The van der Waals surface area contributed by atoms with Crippen LogP contribution in [0.5, 0.6) is 0 Å². The Labute approximate surface area is 136 Å². The Hall–Kier alpha value is -0.430. The third kappa shape index (κ3) is 4.06. The normalized spacial score (nSPS) is 17.2. The molecule has 2 rings (SSSR count). The Morgan fingerprint density at radius 3 is 2.62 bits per heavy atom. The van der Waals surface area contributed by atoms with Crippen molar-refractivity contribution in [3.05, 3.63) is 28.2 Å². The van der Waals surface area contributed by atoms with E-state index in [1.54, 1.807) is 13.1 Å². The molecular weight excluding hydrogens is 352 g/mol. The van der Waals surface area contributed by atoms with Gasteiger partial charge >= 0.3 is 0 Å². The lowest BCUT2D eigenvalue weighted by atomic mass is 10.2. The second-order valence-electron chi connectivity index (χ2n) is 5.70. The number of hydrogen-bond donors (Lipinski definition) is 1. The summed E-state index contributed by atoms with van der Waals surface area (Å²) in [5, 5.41) is 3.43. The van der Waals surface area contributed by atoms with Crippen LogP contribution in [0.3, 0.4) is 0 Å². The Bertz CT molecular complexity index is 600. The molecule has 1 unspecified atom stereocenters. The zero-order valence-corrected chi connectivity index (χ0v) is 15.2. The molecule has 1 N–H and O–H groups in total. The lowest BCUT2D eigenvalue weighted by Crippen LogP contribution is -2.34. The van der Waals surface area contributed by atoms with Crippen LogP contribution in [0, 0.1) is 0 Å². The largest absolute Gasteiger partial charge is 0.310 e. The van der Waals surface area contributed by atoms with Crippen molar-refractivity contribution in [2.24, 2.45) is 0 Å². The van der Waals surface area contributed by atoms with E-state index >= 15 is 0 Å². The van der Waals surface area contributed by atoms with Crippen molar-refractivity contribution in [1.82, 2.24) is 9.62 Å². The molecule has 1 atom stereocenters. The molecule has 1 saturated carbocycles. The van der Waals surface area contributed by atoms with Gasteiger partial charge in [-0.1, -0.05) is 13.0 Å². The minimum Gasteiger partial charge on any atom is -0.310 e. The summed E-state index contributed by atoms with van der Waals surface area (Å²) in [7, 11) is -1.81. The summed E-state index contributed by atoms with van der Waals surface area (Å²) in [6, 6.07) is 6.11. The van der Waals surface area contributed by atoms with Gasteiger partial charge in [0.05, 0.1) is 4.90 Å². The van der Waals surface area contributed by atoms with Gasteiger partial charge in [-0.2, -0.15) is 4.31 Å². The Morgan fingerprint density at radius 1 is 1.43 bits per heavy atom. The van der Waals surface area contributed by atoms with Gasteiger partial charge in [0.2, 0.25) is 10.0 Å². The van der Waals surface area contributed by atoms with E-state index in [9.17, 15) is 8.42 Å². The third-order valence-electron chi connectivity index (χ3n) is 4.04. The summed E-state index contributed by atoms with van der Waals surface area (Å²) in [4.78, 5) is 0.334. The zero-order valence-electron chi connectivity index (χ0n) is 12.8. The first kappa shape index (κ1) is 16.9. The van der Waals surface area contributed by atoms with Crippen molar-refractivity contribution in [1.29, 1.82) is 0 Å². The van der Waals surface area contributed by atoms with Crippen molar-refractivity contribution < 1.29 is 8.42 Å². The molecule has 0 radical (unpaired) electrons. The lowest BCUT2D eigenvalue weighted by molar-refractivity contribution is 0.380. The predicted octanol–water partition coefficient (Wildman–Crippen LogP) is 3.12. The number of nitrogens with one attached hydrogen (secondary N) is 1. The molecule has 1 aromatic rings. The van der Waals surface area contributed by atoms with E-state index in [0.29, 0.717) is 15.4 Å². The molecule has 1 aliphatic carbocycles. The minimum absolute atomic E-state index is 0.0156. The van der Waals surface area contributed by atoms with Crippen LogP contribution in [0.25, 0.3) is 0 Å². The third-order valence-corrected chi connectivity index (χ3v) is 6.99. The standard InChI is InChI=1S/C15H23BrN2O2S/c1-4-11(2)18(3)21(19,20)15-8-5-12(9-14(15)16)10-17-13-6-7-13/h5,8-9,11,13,17H,4,6-7,10H2,1-3H3. The highest BCUT2D eigenvalue weighted by Gasteiger charge is 2.26. The van der Waals surface area contributed by atoms with Crippen molar-refractivity contribution in [3.8, 4) is 0 Å². The molecule has 1 aromatic carbocycles. The number of hydrogen-bond acceptors (Lipinski definition) is 3. The summed E-state index contributed by atoms with van der Waals surface area (Å²) >= 11 is 3.41. The predicted molar refractivity (Wildman–Crippen MR) is 88.7 cm³/mol. The summed E-state index contributed by atoms with van der Waals surface area (Å²) in [6.07, 6.45) is 3.28. The van der Waals surface area contributed by atoms with Crippen LogP contribution in [0.15, 0.2) is 27.6 Å². The topological polar surface area (TPSA) is 49.4 Å². The van der Waals surface area contributed by atoms with Gasteiger partial charge in [-0.05, 0) is 59.8 Å². The van der Waals surface area contributed by atoms with Crippen LogP contribution in [0.2, 0.25) is 0 Å². The molecule has 0 bridgehead atoms. The fourth-order valence-corrected chi connectivity index (χ4v) is 4.58. The quantitative estimate of drug-likeness (QED) is 0.797. The number of nitrogens with zero attached hydrogens (tertiary/aromatic N) is 1. The fraction of sp³-hybridized carbons (Fsp3) is 0.600. The van der Waals surface area contributed by atoms with Gasteiger partial charge in [-0.3, -0.25) is 0 Å². The van der Waals surface area contributed by atoms with Crippen molar-refractivity contribution in [3.63, 3.8) is 0 Å².